The number of likely N-dealkylation sites (N-methyl/N-ethyl adjacent to an activating group) is 1. The Morgan fingerprint density at radius 3 is 2.03 bits per heavy atom. The highest BCUT2D eigenvalue weighted by atomic mass is 16.7. The Balaban J connectivity index is 1.55. The van der Waals surface area contributed by atoms with Crippen LogP contribution in [-0.2, 0) is 52.5 Å². The quantitative estimate of drug-likeness (QED) is 0.0127. The molecule has 33 heteroatoms. The lowest BCUT2D eigenvalue weighted by atomic mass is 9.82. The number of amides is 3. The number of Topliss-reactive ketones (excluding diaryl/α,β-unsaturated/α-hetero) is 1. The van der Waals surface area contributed by atoms with Crippen molar-refractivity contribution >= 4 is 41.7 Å². The fourth-order valence-corrected chi connectivity index (χ4v) is 13.5. The first-order chi connectivity index (χ1) is 51.6. The van der Waals surface area contributed by atoms with Crippen LogP contribution in [0.5, 0.6) is 0 Å². The summed E-state index contributed by atoms with van der Waals surface area (Å²) in [4.78, 5) is 89.6. The highest BCUT2D eigenvalue weighted by Gasteiger charge is 2.52. The number of ether oxygens (including phenoxy) is 5. The zero-order valence-electron chi connectivity index (χ0n) is 64.3. The second-order valence-corrected chi connectivity index (χ2v) is 29.5. The van der Waals surface area contributed by atoms with Gasteiger partial charge in [-0.25, -0.2) is 0 Å². The van der Waals surface area contributed by atoms with Crippen molar-refractivity contribution in [2.24, 2.45) is 51.4 Å². The number of likely N-dealkylation sites (tertiary alicyclic amines) is 1. The van der Waals surface area contributed by atoms with Crippen LogP contribution in [0, 0.1) is 17.8 Å². The Hall–Kier alpha value is -6.13. The van der Waals surface area contributed by atoms with E-state index in [2.05, 4.69) is 20.9 Å². The summed E-state index contributed by atoms with van der Waals surface area (Å²) in [5.41, 5.74) is 27.7. The van der Waals surface area contributed by atoms with E-state index in [0.717, 1.165) is 0 Å². The summed E-state index contributed by atoms with van der Waals surface area (Å²) >= 11 is 0. The van der Waals surface area contributed by atoms with Crippen molar-refractivity contribution in [1.29, 1.82) is 0 Å². The lowest BCUT2D eigenvalue weighted by Gasteiger charge is -2.46. The fourth-order valence-electron chi connectivity index (χ4n) is 13.5. The number of nitrogens with zero attached hydrogens (tertiary/aromatic N) is 3. The SMILES string of the molecule is CC(O)C(N)C(=O)NC(CCCCN)C(=O)N1CCCC1(C=O)CNC(CCCN=C(N)N)C(=O)C(C)N(C)CCOCCNC(=O)C1C(O)CC2(O)CC(O)CC(O)C(O)CCC(O)CC(O)CC(=O)OC(C)C(C)C(O)C(C)C=CC=CC=CC=CC=CC=CC=CC(OC3OC(C)C(O)C(N)C3O)CC1O2. The first-order valence-corrected chi connectivity index (χ1v) is 38.2. The van der Waals surface area contributed by atoms with Crippen molar-refractivity contribution in [3.05, 3.63) is 85.1 Å². The molecule has 4 aliphatic rings. The van der Waals surface area contributed by atoms with Crippen LogP contribution < -0.4 is 44.6 Å². The number of hydrogen-bond donors (Lipinski definition) is 19. The van der Waals surface area contributed by atoms with E-state index in [-0.39, 0.29) is 109 Å². The second-order valence-electron chi connectivity index (χ2n) is 29.5. The first-order valence-electron chi connectivity index (χ1n) is 38.2. The maximum Gasteiger partial charge on any atom is 0.308 e. The molecule has 3 saturated heterocycles. The van der Waals surface area contributed by atoms with Crippen LogP contribution in [0.3, 0.4) is 0 Å². The lowest BCUT2D eigenvalue weighted by Crippen LogP contribution is -2.62. The van der Waals surface area contributed by atoms with Gasteiger partial charge in [-0.3, -0.25) is 33.9 Å². The number of ketones is 1. The van der Waals surface area contributed by atoms with Crippen LogP contribution in [0.25, 0.3) is 0 Å². The first kappa shape index (κ1) is 95.2. The van der Waals surface area contributed by atoms with E-state index in [0.29, 0.717) is 38.5 Å². The summed E-state index contributed by atoms with van der Waals surface area (Å²) in [6.45, 7) is 10.4. The van der Waals surface area contributed by atoms with E-state index >= 15 is 0 Å². The van der Waals surface area contributed by atoms with Gasteiger partial charge in [-0.05, 0) is 105 Å². The van der Waals surface area contributed by atoms with Crippen molar-refractivity contribution in [2.45, 2.75) is 271 Å². The van der Waals surface area contributed by atoms with Crippen molar-refractivity contribution < 1.29 is 109 Å². The average Bonchev–Trinajstić information content (AvgIpc) is 1.73. The zero-order valence-corrected chi connectivity index (χ0v) is 64.3. The largest absolute Gasteiger partial charge is 0.462 e. The third-order valence-electron chi connectivity index (χ3n) is 20.6. The summed E-state index contributed by atoms with van der Waals surface area (Å²) in [7, 11) is 1.71. The standard InChI is InChI=1S/C76H129N11O22/c1-46-24-18-16-14-12-10-8-9-11-13-15-17-19-25-55(108-73-69(100)65(79)68(99)51(6)107-73)41-61-63(60(95)43-76(104,109-61)42-54(92)39-59(94)58(93)29-28-52(90)38-53(91)40-62(96)106-50(5)47(2)66(46)97)70(101)82-33-36-105-37-35-86(7)48(3)67(98)56(27-22-32-83-74(80)81)84-44-75(45-88)30-23-34-87(75)72(103)57(26-20-21-31-77)85-71(102)64(78)49(4)89/h8-19,24-25,45-61,63-66,68-69,73,84,89-95,97,99-100,104H,20-23,26-44,77-79H2,1-7H3,(H,82,101)(H,85,102)(H4,80,81,83). The minimum absolute atomic E-state index is 0.0495. The number of aliphatic hydroxyl groups is 11. The Morgan fingerprint density at radius 2 is 1.40 bits per heavy atom. The average molecular weight is 1550 g/mol. The summed E-state index contributed by atoms with van der Waals surface area (Å²) < 4.78 is 30.0. The lowest BCUT2D eigenvalue weighted by molar-refractivity contribution is -0.307. The van der Waals surface area contributed by atoms with Crippen LogP contribution in [0.2, 0.25) is 0 Å². The third kappa shape index (κ3) is 32.1. The molecule has 24 N–H and O–H groups in total. The molecule has 4 aliphatic heterocycles. The van der Waals surface area contributed by atoms with Crippen LogP contribution in [0.4, 0.5) is 0 Å². The number of nitrogens with one attached hydrogen (secondary N) is 3. The van der Waals surface area contributed by atoms with E-state index in [1.54, 1.807) is 112 Å². The highest BCUT2D eigenvalue weighted by Crippen LogP contribution is 2.39. The molecule has 620 valence electrons. The van der Waals surface area contributed by atoms with Gasteiger partial charge in [0.2, 0.25) is 17.7 Å². The summed E-state index contributed by atoms with van der Waals surface area (Å²) in [5.74, 6) is -7.86. The molecule has 0 radical (unpaired) electrons. The molecule has 3 amide bonds. The molecule has 109 heavy (non-hydrogen) atoms. The molecule has 0 aromatic carbocycles. The molecule has 0 aliphatic carbocycles. The summed E-state index contributed by atoms with van der Waals surface area (Å²) in [6.07, 6.45) is 4.42. The number of carbonyl (C=O) groups excluding carboxylic acids is 6. The highest BCUT2D eigenvalue weighted by molar-refractivity contribution is 5.92. The number of unbranched alkanes of at least 4 members (excludes halogenated alkanes) is 1. The molecule has 0 spiro atoms. The van der Waals surface area contributed by atoms with Crippen molar-refractivity contribution in [3.8, 4) is 0 Å². The van der Waals surface area contributed by atoms with E-state index in [9.17, 15) is 84.9 Å². The maximum absolute atomic E-state index is 14.5. The molecular formula is C76H129N11O22. The normalized spacial score (nSPS) is 33.3. The van der Waals surface area contributed by atoms with Gasteiger partial charge in [0.25, 0.3) is 0 Å². The predicted octanol–water partition coefficient (Wildman–Crippen LogP) is -2.46. The van der Waals surface area contributed by atoms with Gasteiger partial charge in [-0.1, -0.05) is 98.9 Å². The Kier molecular flexibility index (Phi) is 42.6. The van der Waals surface area contributed by atoms with Crippen LogP contribution in [-0.4, -0.2) is 301 Å². The molecule has 2 bridgehead atoms. The molecule has 3 fully saturated rings. The Labute approximate surface area is 640 Å². The van der Waals surface area contributed by atoms with Gasteiger partial charge >= 0.3 is 5.97 Å². The van der Waals surface area contributed by atoms with E-state index in [1.807, 2.05) is 13.0 Å². The molecular weight excluding hydrogens is 1420 g/mol. The van der Waals surface area contributed by atoms with E-state index in [1.165, 1.54) is 18.7 Å². The van der Waals surface area contributed by atoms with Gasteiger partial charge in [0.15, 0.2) is 23.8 Å². The number of aliphatic hydroxyl groups excluding tert-OH is 10. The number of aldehydes is 1. The topological polar surface area (TPSA) is 556 Å². The minimum Gasteiger partial charge on any atom is -0.462 e. The molecule has 4 heterocycles. The molecule has 25 unspecified atom stereocenters. The van der Waals surface area contributed by atoms with E-state index in [4.69, 9.17) is 52.4 Å². The summed E-state index contributed by atoms with van der Waals surface area (Å²) in [6, 6.07) is -5.24. The number of cyclic esters (lactones) is 1. The van der Waals surface area contributed by atoms with Crippen molar-refractivity contribution in [3.63, 3.8) is 0 Å². The van der Waals surface area contributed by atoms with Crippen LogP contribution >= 0.6 is 0 Å². The number of rotatable bonds is 28. The van der Waals surface area contributed by atoms with Gasteiger partial charge in [0.05, 0.1) is 117 Å². The minimum atomic E-state index is -2.41. The van der Waals surface area contributed by atoms with Gasteiger partial charge in [-0.2, -0.15) is 0 Å². The summed E-state index contributed by atoms with van der Waals surface area (Å²) in [5, 5.41) is 131. The molecule has 0 saturated carbocycles. The number of carbonyl (C=O) groups is 6. The number of nitrogens with two attached hydrogens (primary N) is 5. The zero-order chi connectivity index (χ0) is 81.1. The number of hydrogen-bond acceptors (Lipinski definition) is 28. The predicted molar refractivity (Wildman–Crippen MR) is 406 cm³/mol. The van der Waals surface area contributed by atoms with Gasteiger partial charge in [-0.15, -0.1) is 0 Å². The molecule has 33 nitrogen and oxygen atoms in total. The van der Waals surface area contributed by atoms with Crippen molar-refractivity contribution in [1.82, 2.24) is 25.8 Å². The number of allylic oxidation sites excluding steroid dienone is 12. The molecule has 0 aromatic rings. The Bertz CT molecular complexity index is 3010. The molecule has 0 aromatic heterocycles. The fraction of sp³-hybridized carbons (Fsp3) is 0.724. The number of aliphatic imine (C=N–C) groups is 1. The molecule has 25 atom stereocenters. The number of fused-ring (bicyclic) bond motifs is 2. The van der Waals surface area contributed by atoms with Crippen molar-refractivity contribution in [2.75, 3.05) is 59.5 Å². The third-order valence-corrected chi connectivity index (χ3v) is 20.6. The number of guanidine groups is 1. The van der Waals surface area contributed by atoms with Gasteiger partial charge in [0, 0.05) is 70.2 Å². The molecule has 4 rings (SSSR count). The van der Waals surface area contributed by atoms with Gasteiger partial charge < -0.3 is 134 Å². The van der Waals surface area contributed by atoms with Crippen LogP contribution in [0.1, 0.15) is 138 Å². The maximum atomic E-state index is 14.5. The monoisotopic (exact) mass is 1550 g/mol. The number of esters is 1. The van der Waals surface area contributed by atoms with Gasteiger partial charge in [0.1, 0.15) is 36.1 Å². The smallest absolute Gasteiger partial charge is 0.308 e. The van der Waals surface area contributed by atoms with E-state index < -0.39 is 194 Å². The second kappa shape index (κ2) is 48.7. The Morgan fingerprint density at radius 1 is 0.771 bits per heavy atom. The van der Waals surface area contributed by atoms with Crippen LogP contribution in [0.15, 0.2) is 90.1 Å².